The summed E-state index contributed by atoms with van der Waals surface area (Å²) >= 11 is 6.36. The maximum atomic E-state index is 13.5. The van der Waals surface area contributed by atoms with Gasteiger partial charge in [0.25, 0.3) is 11.8 Å². The third-order valence-corrected chi connectivity index (χ3v) is 6.12. The molecule has 4 rings (SSSR count). The lowest BCUT2D eigenvalue weighted by Crippen LogP contribution is -2.29. The van der Waals surface area contributed by atoms with Crippen LogP contribution < -0.4 is 9.47 Å². The Labute approximate surface area is 197 Å². The van der Waals surface area contributed by atoms with Gasteiger partial charge < -0.3 is 28.7 Å². The summed E-state index contributed by atoms with van der Waals surface area (Å²) in [7, 11) is 3.00. The Morgan fingerprint density at radius 2 is 1.55 bits per heavy atom. The summed E-state index contributed by atoms with van der Waals surface area (Å²) in [4.78, 5) is 30.1. The summed E-state index contributed by atoms with van der Waals surface area (Å²) in [5.74, 6) is 0.411. The van der Waals surface area contributed by atoms with E-state index in [1.54, 1.807) is 11.0 Å². The number of rotatable bonds is 8. The van der Waals surface area contributed by atoms with Crippen molar-refractivity contribution < 1.29 is 28.5 Å². The summed E-state index contributed by atoms with van der Waals surface area (Å²) in [5.41, 5.74) is 2.83. The highest BCUT2D eigenvalue weighted by molar-refractivity contribution is 6.32. The van der Waals surface area contributed by atoms with Crippen molar-refractivity contribution in [2.24, 2.45) is 0 Å². The predicted octanol–water partition coefficient (Wildman–Crippen LogP) is 3.70. The van der Waals surface area contributed by atoms with Crippen molar-refractivity contribution in [3.05, 3.63) is 57.6 Å². The summed E-state index contributed by atoms with van der Waals surface area (Å²) in [6.45, 7) is 2.26. The number of carbonyl (C=O) groups is 2. The number of carbonyl (C=O) groups excluding carboxylic acids is 2. The van der Waals surface area contributed by atoms with Crippen molar-refractivity contribution in [3.63, 3.8) is 0 Å². The zero-order valence-electron chi connectivity index (χ0n) is 18.8. The highest BCUT2D eigenvalue weighted by Gasteiger charge is 2.31. The van der Waals surface area contributed by atoms with E-state index in [0.29, 0.717) is 35.7 Å². The molecule has 2 aliphatic heterocycles. The molecule has 0 aromatic heterocycles. The maximum Gasteiger partial charge on any atom is 0.258 e. The van der Waals surface area contributed by atoms with Gasteiger partial charge >= 0.3 is 0 Å². The van der Waals surface area contributed by atoms with E-state index in [1.165, 1.54) is 20.3 Å². The van der Waals surface area contributed by atoms with Crippen LogP contribution in [0.5, 0.6) is 11.5 Å². The minimum atomic E-state index is -0.253. The molecule has 33 heavy (non-hydrogen) atoms. The van der Waals surface area contributed by atoms with E-state index in [9.17, 15) is 9.59 Å². The number of hydrogen-bond donors (Lipinski definition) is 0. The summed E-state index contributed by atoms with van der Waals surface area (Å²) in [6.07, 6.45) is 2.06. The van der Waals surface area contributed by atoms with Gasteiger partial charge in [-0.3, -0.25) is 9.59 Å². The van der Waals surface area contributed by atoms with E-state index in [2.05, 4.69) is 0 Å². The van der Waals surface area contributed by atoms with E-state index >= 15 is 0 Å². The van der Waals surface area contributed by atoms with Gasteiger partial charge in [-0.2, -0.15) is 0 Å². The van der Waals surface area contributed by atoms with E-state index < -0.39 is 0 Å². The van der Waals surface area contributed by atoms with E-state index in [-0.39, 0.29) is 30.4 Å². The van der Waals surface area contributed by atoms with Crippen LogP contribution in [0, 0.1) is 0 Å². The second-order valence-electron chi connectivity index (χ2n) is 7.98. The average molecular weight is 475 g/mol. The second kappa shape index (κ2) is 10.4. The van der Waals surface area contributed by atoms with Crippen LogP contribution in [0.2, 0.25) is 5.02 Å². The first kappa shape index (κ1) is 23.4. The monoisotopic (exact) mass is 474 g/mol. The van der Waals surface area contributed by atoms with Crippen molar-refractivity contribution >= 4 is 23.4 Å². The molecule has 0 atom stereocenters. The Kier molecular flexibility index (Phi) is 7.37. The molecule has 0 unspecified atom stereocenters. The van der Waals surface area contributed by atoms with Gasteiger partial charge in [-0.1, -0.05) is 23.7 Å². The molecular formula is C24H27ClN2O6. The van der Waals surface area contributed by atoms with Crippen molar-refractivity contribution in [1.29, 1.82) is 0 Å². The number of benzene rings is 2. The lowest BCUT2D eigenvalue weighted by Gasteiger charge is -2.20. The second-order valence-corrected chi connectivity index (χ2v) is 8.39. The molecule has 2 heterocycles. The van der Waals surface area contributed by atoms with E-state index in [1.807, 2.05) is 23.1 Å². The lowest BCUT2D eigenvalue weighted by molar-refractivity contribution is 0.0448. The SMILES string of the molecule is COCOc1cc(OCOC)c(C(=O)N2Cc3cccc(C(=O)N4CCCC4)c3C2)cc1Cl. The fourth-order valence-corrected chi connectivity index (χ4v) is 4.42. The van der Waals surface area contributed by atoms with Gasteiger partial charge in [0.05, 0.1) is 10.6 Å². The van der Waals surface area contributed by atoms with E-state index in [0.717, 1.165) is 37.1 Å². The highest BCUT2D eigenvalue weighted by atomic mass is 35.5. The number of hydrogen-bond acceptors (Lipinski definition) is 6. The number of methoxy groups -OCH3 is 2. The first-order valence-electron chi connectivity index (χ1n) is 10.8. The van der Waals surface area contributed by atoms with Crippen molar-refractivity contribution in [1.82, 2.24) is 9.80 Å². The van der Waals surface area contributed by atoms with Crippen molar-refractivity contribution in [3.8, 4) is 11.5 Å². The summed E-state index contributed by atoms with van der Waals surface area (Å²) in [6, 6.07) is 8.76. The molecule has 2 aliphatic rings. The van der Waals surface area contributed by atoms with Gasteiger partial charge in [-0.05, 0) is 36.1 Å². The minimum Gasteiger partial charge on any atom is -0.467 e. The van der Waals surface area contributed by atoms with Gasteiger partial charge in [0.1, 0.15) is 11.5 Å². The fraction of sp³-hybridized carbons (Fsp3) is 0.417. The fourth-order valence-electron chi connectivity index (χ4n) is 4.20. The largest absolute Gasteiger partial charge is 0.467 e. The number of nitrogens with zero attached hydrogens (tertiary/aromatic N) is 2. The van der Waals surface area contributed by atoms with Gasteiger partial charge in [0, 0.05) is 52.0 Å². The zero-order valence-corrected chi connectivity index (χ0v) is 19.5. The van der Waals surface area contributed by atoms with Crippen LogP contribution >= 0.6 is 11.6 Å². The highest BCUT2D eigenvalue weighted by Crippen LogP contribution is 2.36. The topological polar surface area (TPSA) is 77.5 Å². The summed E-state index contributed by atoms with van der Waals surface area (Å²) in [5, 5.41) is 0.266. The van der Waals surface area contributed by atoms with Gasteiger partial charge in [-0.15, -0.1) is 0 Å². The molecule has 1 fully saturated rings. The molecule has 0 radical (unpaired) electrons. The van der Waals surface area contributed by atoms with Gasteiger partial charge in [-0.25, -0.2) is 0 Å². The van der Waals surface area contributed by atoms with Crippen LogP contribution in [0.1, 0.15) is 44.7 Å². The molecule has 0 spiro atoms. The third kappa shape index (κ3) is 4.93. The van der Waals surface area contributed by atoms with Gasteiger partial charge in [0.15, 0.2) is 13.6 Å². The van der Waals surface area contributed by atoms with Gasteiger partial charge in [0.2, 0.25) is 0 Å². The maximum absolute atomic E-state index is 13.5. The molecule has 176 valence electrons. The lowest BCUT2D eigenvalue weighted by atomic mass is 10.0. The first-order chi connectivity index (χ1) is 16.0. The number of likely N-dealkylation sites (tertiary alicyclic amines) is 1. The quantitative estimate of drug-likeness (QED) is 0.543. The molecule has 0 N–H and O–H groups in total. The molecule has 0 saturated carbocycles. The van der Waals surface area contributed by atoms with E-state index in [4.69, 9.17) is 30.5 Å². The smallest absolute Gasteiger partial charge is 0.258 e. The van der Waals surface area contributed by atoms with Crippen LogP contribution in [-0.4, -0.2) is 62.5 Å². The minimum absolute atomic E-state index is 0.00594. The molecule has 2 amide bonds. The molecule has 0 aliphatic carbocycles. The molecule has 9 heteroatoms. The Hall–Kier alpha value is -2.81. The number of halogens is 1. The molecular weight excluding hydrogens is 448 g/mol. The van der Waals surface area contributed by atoms with Crippen LogP contribution in [0.4, 0.5) is 0 Å². The van der Waals surface area contributed by atoms with Crippen molar-refractivity contribution in [2.45, 2.75) is 25.9 Å². The number of amides is 2. The van der Waals surface area contributed by atoms with Crippen LogP contribution in [0.15, 0.2) is 30.3 Å². The Morgan fingerprint density at radius 3 is 2.24 bits per heavy atom. The van der Waals surface area contributed by atoms with Crippen LogP contribution in [0.25, 0.3) is 0 Å². The normalized spacial score (nSPS) is 15.0. The zero-order chi connectivity index (χ0) is 23.4. The number of ether oxygens (including phenoxy) is 4. The number of fused-ring (bicyclic) bond motifs is 1. The van der Waals surface area contributed by atoms with Crippen LogP contribution in [-0.2, 0) is 22.6 Å². The van der Waals surface area contributed by atoms with Crippen molar-refractivity contribution in [2.75, 3.05) is 40.9 Å². The first-order valence-corrected chi connectivity index (χ1v) is 11.2. The summed E-state index contributed by atoms with van der Waals surface area (Å²) < 4.78 is 21.0. The molecule has 2 aromatic rings. The molecule has 1 saturated heterocycles. The molecule has 2 aromatic carbocycles. The Morgan fingerprint density at radius 1 is 0.879 bits per heavy atom. The third-order valence-electron chi connectivity index (χ3n) is 5.82. The van der Waals surface area contributed by atoms with Crippen LogP contribution in [0.3, 0.4) is 0 Å². The molecule has 0 bridgehead atoms. The average Bonchev–Trinajstić information content (AvgIpc) is 3.51. The predicted molar refractivity (Wildman–Crippen MR) is 122 cm³/mol. The standard InChI is InChI=1S/C24H27ClN2O6/c1-30-14-32-21-11-22(33-15-31-2)20(25)10-18(21)24(29)27-12-16-6-5-7-17(19(16)13-27)23(28)26-8-3-4-9-26/h5-7,10-11H,3-4,8-9,12-15H2,1-2H3. The Balaban J connectivity index is 1.59. The Bertz CT molecular complexity index is 1040. The molecule has 8 nitrogen and oxygen atoms in total.